The molecule has 86 valence electrons. The van der Waals surface area contributed by atoms with Crippen LogP contribution in [0.1, 0.15) is 36.5 Å². The summed E-state index contributed by atoms with van der Waals surface area (Å²) < 4.78 is 4.89. The molecule has 0 N–H and O–H groups in total. The van der Waals surface area contributed by atoms with E-state index in [0.29, 0.717) is 31.4 Å². The third-order valence-corrected chi connectivity index (χ3v) is 2.20. The second-order valence-electron chi connectivity index (χ2n) is 3.47. The summed E-state index contributed by atoms with van der Waals surface area (Å²) in [6, 6.07) is 9.13. The lowest BCUT2D eigenvalue weighted by molar-refractivity contribution is -0.143. The quantitative estimate of drug-likeness (QED) is 0.420. The van der Waals surface area contributed by atoms with Crippen molar-refractivity contribution >= 4 is 11.8 Å². The van der Waals surface area contributed by atoms with Gasteiger partial charge in [0.1, 0.15) is 0 Å². The fourth-order valence-corrected chi connectivity index (χ4v) is 1.29. The van der Waals surface area contributed by atoms with Crippen molar-refractivity contribution in [2.75, 3.05) is 6.61 Å². The second-order valence-corrected chi connectivity index (χ2v) is 3.47. The number of hydrogen-bond donors (Lipinski definition) is 0. The van der Waals surface area contributed by atoms with E-state index in [-0.39, 0.29) is 11.8 Å². The van der Waals surface area contributed by atoms with Gasteiger partial charge in [0, 0.05) is 18.4 Å². The summed E-state index contributed by atoms with van der Waals surface area (Å²) >= 11 is 0. The predicted molar refractivity (Wildman–Crippen MR) is 61.3 cm³/mol. The first-order chi connectivity index (χ1) is 7.74. The molecular weight excluding hydrogens is 204 g/mol. The van der Waals surface area contributed by atoms with Gasteiger partial charge in [-0.05, 0) is 6.42 Å². The third-order valence-electron chi connectivity index (χ3n) is 2.20. The SMILES string of the molecule is CCC(=O)OCCCC(=O)c1ccccc1. The topological polar surface area (TPSA) is 43.4 Å². The molecule has 3 heteroatoms. The number of Topliss-reactive ketones (excluding diaryl/α,β-unsaturated/α-hetero) is 1. The van der Waals surface area contributed by atoms with Gasteiger partial charge in [0.05, 0.1) is 6.61 Å². The van der Waals surface area contributed by atoms with E-state index in [1.54, 1.807) is 19.1 Å². The van der Waals surface area contributed by atoms with Crippen LogP contribution in [0.3, 0.4) is 0 Å². The van der Waals surface area contributed by atoms with Crippen molar-refractivity contribution in [3.8, 4) is 0 Å². The van der Waals surface area contributed by atoms with Crippen LogP contribution in [0.4, 0.5) is 0 Å². The molecule has 0 bridgehead atoms. The van der Waals surface area contributed by atoms with E-state index in [0.717, 1.165) is 0 Å². The lowest BCUT2D eigenvalue weighted by atomic mass is 10.1. The second kappa shape index (κ2) is 6.77. The van der Waals surface area contributed by atoms with Crippen LogP contribution in [-0.2, 0) is 9.53 Å². The molecule has 1 aromatic carbocycles. The van der Waals surface area contributed by atoms with Crippen LogP contribution in [0.15, 0.2) is 30.3 Å². The average Bonchev–Trinajstić information content (AvgIpc) is 2.35. The normalized spacial score (nSPS) is 9.81. The lowest BCUT2D eigenvalue weighted by Gasteiger charge is -2.02. The first-order valence-electron chi connectivity index (χ1n) is 5.48. The van der Waals surface area contributed by atoms with Crippen LogP contribution in [0.5, 0.6) is 0 Å². The molecule has 1 rings (SSSR count). The number of carbonyl (C=O) groups excluding carboxylic acids is 2. The molecule has 1 aromatic rings. The van der Waals surface area contributed by atoms with Gasteiger partial charge < -0.3 is 4.74 Å². The standard InChI is InChI=1S/C13H16O3/c1-2-13(15)16-10-6-9-12(14)11-7-4-3-5-8-11/h3-5,7-8H,2,6,9-10H2,1H3. The highest BCUT2D eigenvalue weighted by molar-refractivity contribution is 5.95. The van der Waals surface area contributed by atoms with Gasteiger partial charge in [-0.3, -0.25) is 9.59 Å². The van der Waals surface area contributed by atoms with Crippen molar-refractivity contribution in [1.82, 2.24) is 0 Å². The van der Waals surface area contributed by atoms with Crippen LogP contribution in [0.25, 0.3) is 0 Å². The van der Waals surface area contributed by atoms with Gasteiger partial charge in [0.25, 0.3) is 0 Å². The van der Waals surface area contributed by atoms with E-state index in [2.05, 4.69) is 0 Å². The molecule has 16 heavy (non-hydrogen) atoms. The van der Waals surface area contributed by atoms with Gasteiger partial charge >= 0.3 is 5.97 Å². The molecule has 0 aliphatic carbocycles. The Hall–Kier alpha value is -1.64. The van der Waals surface area contributed by atoms with Crippen LogP contribution < -0.4 is 0 Å². The number of ketones is 1. The van der Waals surface area contributed by atoms with Crippen molar-refractivity contribution in [1.29, 1.82) is 0 Å². The molecule has 0 aliphatic heterocycles. The van der Waals surface area contributed by atoms with Gasteiger partial charge in [-0.25, -0.2) is 0 Å². The Morgan fingerprint density at radius 2 is 1.88 bits per heavy atom. The molecule has 0 fully saturated rings. The Labute approximate surface area is 95.4 Å². The summed E-state index contributed by atoms with van der Waals surface area (Å²) in [6.45, 7) is 2.07. The summed E-state index contributed by atoms with van der Waals surface area (Å²) in [7, 11) is 0. The van der Waals surface area contributed by atoms with Crippen molar-refractivity contribution in [3.63, 3.8) is 0 Å². The smallest absolute Gasteiger partial charge is 0.305 e. The van der Waals surface area contributed by atoms with Gasteiger partial charge in [0.15, 0.2) is 5.78 Å². The minimum atomic E-state index is -0.216. The van der Waals surface area contributed by atoms with Gasteiger partial charge in [0.2, 0.25) is 0 Å². The van der Waals surface area contributed by atoms with E-state index in [1.165, 1.54) is 0 Å². The zero-order chi connectivity index (χ0) is 11.8. The predicted octanol–water partition coefficient (Wildman–Crippen LogP) is 2.60. The first kappa shape index (κ1) is 12.4. The lowest BCUT2D eigenvalue weighted by Crippen LogP contribution is -2.06. The minimum absolute atomic E-state index is 0.0909. The number of carbonyl (C=O) groups is 2. The maximum atomic E-state index is 11.6. The fraction of sp³-hybridized carbons (Fsp3) is 0.385. The van der Waals surface area contributed by atoms with Crippen LogP contribution >= 0.6 is 0 Å². The Kier molecular flexibility index (Phi) is 5.26. The molecule has 0 spiro atoms. The molecule has 0 aromatic heterocycles. The van der Waals surface area contributed by atoms with E-state index >= 15 is 0 Å². The number of hydrogen-bond acceptors (Lipinski definition) is 3. The summed E-state index contributed by atoms with van der Waals surface area (Å²) in [5.74, 6) is -0.125. The summed E-state index contributed by atoms with van der Waals surface area (Å²) in [5.41, 5.74) is 0.712. The molecule has 0 amide bonds. The van der Waals surface area contributed by atoms with Crippen molar-refractivity contribution in [2.45, 2.75) is 26.2 Å². The minimum Gasteiger partial charge on any atom is -0.466 e. The Morgan fingerprint density at radius 1 is 1.19 bits per heavy atom. The van der Waals surface area contributed by atoms with Crippen molar-refractivity contribution < 1.29 is 14.3 Å². The number of ether oxygens (including phenoxy) is 1. The first-order valence-corrected chi connectivity index (χ1v) is 5.48. The Balaban J connectivity index is 2.24. The maximum Gasteiger partial charge on any atom is 0.305 e. The molecule has 3 nitrogen and oxygen atoms in total. The van der Waals surface area contributed by atoms with Gasteiger partial charge in [-0.1, -0.05) is 37.3 Å². The summed E-state index contributed by atoms with van der Waals surface area (Å²) in [6.07, 6.45) is 1.38. The molecule has 0 aliphatic rings. The molecule has 0 unspecified atom stereocenters. The summed E-state index contributed by atoms with van der Waals surface area (Å²) in [4.78, 5) is 22.4. The third kappa shape index (κ3) is 4.26. The molecule has 0 saturated heterocycles. The van der Waals surface area contributed by atoms with Crippen molar-refractivity contribution in [2.24, 2.45) is 0 Å². The van der Waals surface area contributed by atoms with Crippen LogP contribution in [0.2, 0.25) is 0 Å². The fourth-order valence-electron chi connectivity index (χ4n) is 1.29. The summed E-state index contributed by atoms with van der Waals surface area (Å²) in [5, 5.41) is 0. The number of esters is 1. The zero-order valence-corrected chi connectivity index (χ0v) is 9.44. The number of benzene rings is 1. The molecule has 0 heterocycles. The zero-order valence-electron chi connectivity index (χ0n) is 9.44. The van der Waals surface area contributed by atoms with Crippen molar-refractivity contribution in [3.05, 3.63) is 35.9 Å². The highest BCUT2D eigenvalue weighted by Crippen LogP contribution is 2.05. The monoisotopic (exact) mass is 220 g/mol. The van der Waals surface area contributed by atoms with E-state index < -0.39 is 0 Å². The largest absolute Gasteiger partial charge is 0.466 e. The molecule has 0 radical (unpaired) electrons. The molecular formula is C13H16O3. The Morgan fingerprint density at radius 3 is 2.50 bits per heavy atom. The maximum absolute atomic E-state index is 11.6. The Bertz CT molecular complexity index is 343. The molecule has 0 atom stereocenters. The van der Waals surface area contributed by atoms with Gasteiger partial charge in [-0.2, -0.15) is 0 Å². The van der Waals surface area contributed by atoms with E-state index in [1.807, 2.05) is 18.2 Å². The van der Waals surface area contributed by atoms with Crippen LogP contribution in [-0.4, -0.2) is 18.4 Å². The van der Waals surface area contributed by atoms with Crippen LogP contribution in [0, 0.1) is 0 Å². The van der Waals surface area contributed by atoms with E-state index in [9.17, 15) is 9.59 Å². The highest BCUT2D eigenvalue weighted by atomic mass is 16.5. The average molecular weight is 220 g/mol. The highest BCUT2D eigenvalue weighted by Gasteiger charge is 2.05. The van der Waals surface area contributed by atoms with E-state index in [4.69, 9.17) is 4.74 Å². The molecule has 0 saturated carbocycles. The van der Waals surface area contributed by atoms with Gasteiger partial charge in [-0.15, -0.1) is 0 Å². The number of rotatable bonds is 6.